The molecule has 1 aromatic heterocycles. The Balaban J connectivity index is 1.42. The highest BCUT2D eigenvalue weighted by Crippen LogP contribution is 2.38. The van der Waals surface area contributed by atoms with Gasteiger partial charge in [0.1, 0.15) is 18.0 Å². The maximum absolute atomic E-state index is 13.4. The van der Waals surface area contributed by atoms with Gasteiger partial charge in [0.25, 0.3) is 5.91 Å². The second-order valence-corrected chi connectivity index (χ2v) is 10.2. The number of amides is 1. The molecule has 1 fully saturated rings. The summed E-state index contributed by atoms with van der Waals surface area (Å²) in [5.74, 6) is 0.461. The van der Waals surface area contributed by atoms with Crippen LogP contribution in [-0.4, -0.2) is 46.7 Å². The van der Waals surface area contributed by atoms with Crippen LogP contribution in [-0.2, 0) is 4.79 Å². The number of nitrogens with two attached hydrogens (primary N) is 1. The fourth-order valence-corrected chi connectivity index (χ4v) is 5.05. The predicted octanol–water partition coefficient (Wildman–Crippen LogP) is 4.66. The summed E-state index contributed by atoms with van der Waals surface area (Å²) in [5, 5.41) is 9.03. The lowest BCUT2D eigenvalue weighted by Gasteiger charge is -2.28. The minimum atomic E-state index is -0.716. The molecule has 9 heteroatoms. The van der Waals surface area contributed by atoms with Crippen LogP contribution in [0.3, 0.4) is 0 Å². The molecule has 0 bridgehead atoms. The van der Waals surface area contributed by atoms with E-state index in [2.05, 4.69) is 35.9 Å². The van der Waals surface area contributed by atoms with Crippen molar-refractivity contribution in [2.24, 2.45) is 11.8 Å². The van der Waals surface area contributed by atoms with Crippen LogP contribution in [0.25, 0.3) is 0 Å². The number of nitrogens with zero attached hydrogens (tertiary/aromatic N) is 3. The molecule has 1 aromatic carbocycles. The van der Waals surface area contributed by atoms with Crippen LogP contribution in [0.5, 0.6) is 11.9 Å². The molecule has 2 heterocycles. The van der Waals surface area contributed by atoms with Gasteiger partial charge in [0.05, 0.1) is 13.2 Å². The van der Waals surface area contributed by atoms with E-state index in [1.165, 1.54) is 5.56 Å². The second-order valence-electron chi connectivity index (χ2n) is 10.2. The Bertz CT molecular complexity index is 1060. The van der Waals surface area contributed by atoms with Crippen molar-refractivity contribution in [1.82, 2.24) is 9.97 Å². The molecular formula is C27H36N4O5. The van der Waals surface area contributed by atoms with Crippen LogP contribution in [0.15, 0.2) is 24.3 Å². The first-order valence-corrected chi connectivity index (χ1v) is 12.9. The zero-order valence-corrected chi connectivity index (χ0v) is 21.1. The van der Waals surface area contributed by atoms with Gasteiger partial charge in [-0.3, -0.25) is 9.59 Å². The molecule has 1 saturated carbocycles. The number of carbonyl (C=O) groups excluding carboxylic acids is 1. The SMILES string of the molecule is CC(C)CCCOc1nc(N)c2c(n1)OCCN(c1ccc(C3CCC(CC(=O)O)CC3)cc1)C2=O. The van der Waals surface area contributed by atoms with Gasteiger partial charge >= 0.3 is 12.0 Å². The summed E-state index contributed by atoms with van der Waals surface area (Å²) in [6.45, 7) is 5.43. The molecule has 9 nitrogen and oxygen atoms in total. The molecular weight excluding hydrogens is 460 g/mol. The average Bonchev–Trinajstić information content (AvgIpc) is 3.01. The number of fused-ring (bicyclic) bond motifs is 1. The van der Waals surface area contributed by atoms with Gasteiger partial charge in [-0.05, 0) is 74.0 Å². The highest BCUT2D eigenvalue weighted by atomic mass is 16.5. The molecule has 1 aliphatic carbocycles. The molecule has 0 spiro atoms. The molecule has 4 rings (SSSR count). The summed E-state index contributed by atoms with van der Waals surface area (Å²) >= 11 is 0. The summed E-state index contributed by atoms with van der Waals surface area (Å²) in [5.41, 5.74) is 8.29. The highest BCUT2D eigenvalue weighted by molar-refractivity contribution is 6.10. The first-order valence-electron chi connectivity index (χ1n) is 12.9. The minimum Gasteiger partial charge on any atom is -0.481 e. The summed E-state index contributed by atoms with van der Waals surface area (Å²) < 4.78 is 11.4. The zero-order valence-electron chi connectivity index (χ0n) is 21.1. The van der Waals surface area contributed by atoms with Gasteiger partial charge in [0.15, 0.2) is 0 Å². The summed E-state index contributed by atoms with van der Waals surface area (Å²) in [6, 6.07) is 8.14. The van der Waals surface area contributed by atoms with Gasteiger partial charge in [-0.15, -0.1) is 0 Å². The van der Waals surface area contributed by atoms with Crippen molar-refractivity contribution >= 4 is 23.4 Å². The van der Waals surface area contributed by atoms with Crippen LogP contribution in [0.1, 0.15) is 80.6 Å². The van der Waals surface area contributed by atoms with Crippen molar-refractivity contribution in [3.8, 4) is 11.9 Å². The van der Waals surface area contributed by atoms with E-state index < -0.39 is 5.97 Å². The third kappa shape index (κ3) is 6.25. The maximum Gasteiger partial charge on any atom is 0.321 e. The van der Waals surface area contributed by atoms with Crippen LogP contribution >= 0.6 is 0 Å². The minimum absolute atomic E-state index is 0.0468. The Morgan fingerprint density at radius 1 is 1.19 bits per heavy atom. The van der Waals surface area contributed by atoms with E-state index in [1.54, 1.807) is 4.90 Å². The quantitative estimate of drug-likeness (QED) is 0.480. The lowest BCUT2D eigenvalue weighted by Crippen LogP contribution is -2.32. The van der Waals surface area contributed by atoms with Crippen LogP contribution < -0.4 is 20.1 Å². The highest BCUT2D eigenvalue weighted by Gasteiger charge is 2.30. The van der Waals surface area contributed by atoms with Crippen LogP contribution in [0.4, 0.5) is 11.5 Å². The van der Waals surface area contributed by atoms with E-state index in [0.29, 0.717) is 25.0 Å². The smallest absolute Gasteiger partial charge is 0.321 e. The summed E-state index contributed by atoms with van der Waals surface area (Å²) in [6.07, 6.45) is 6.00. The van der Waals surface area contributed by atoms with Crippen molar-refractivity contribution < 1.29 is 24.2 Å². The summed E-state index contributed by atoms with van der Waals surface area (Å²) in [7, 11) is 0. The number of carboxylic acids is 1. The lowest BCUT2D eigenvalue weighted by atomic mass is 9.77. The van der Waals surface area contributed by atoms with E-state index in [0.717, 1.165) is 44.2 Å². The number of benzene rings is 1. The number of carbonyl (C=O) groups is 2. The molecule has 194 valence electrons. The van der Waals surface area contributed by atoms with E-state index in [1.807, 2.05) is 12.1 Å². The largest absolute Gasteiger partial charge is 0.481 e. The van der Waals surface area contributed by atoms with Crippen molar-refractivity contribution in [3.05, 3.63) is 35.4 Å². The van der Waals surface area contributed by atoms with Crippen LogP contribution in [0, 0.1) is 11.8 Å². The Labute approximate surface area is 212 Å². The first kappa shape index (κ1) is 25.7. The molecule has 2 aromatic rings. The normalized spacial score (nSPS) is 20.0. The first-order chi connectivity index (χ1) is 17.3. The van der Waals surface area contributed by atoms with Crippen molar-refractivity contribution in [2.45, 2.75) is 64.7 Å². The lowest BCUT2D eigenvalue weighted by molar-refractivity contribution is -0.138. The number of anilines is 2. The second kappa shape index (κ2) is 11.6. The zero-order chi connectivity index (χ0) is 25.7. The Hall–Kier alpha value is -3.36. The molecule has 3 N–H and O–H groups in total. The fourth-order valence-electron chi connectivity index (χ4n) is 5.05. The van der Waals surface area contributed by atoms with Gasteiger partial charge in [-0.1, -0.05) is 26.0 Å². The third-order valence-electron chi connectivity index (χ3n) is 7.04. The van der Waals surface area contributed by atoms with Gasteiger partial charge in [0.2, 0.25) is 5.88 Å². The number of rotatable bonds is 9. The molecule has 0 atom stereocenters. The van der Waals surface area contributed by atoms with Gasteiger partial charge in [-0.25, -0.2) is 0 Å². The Kier molecular flexibility index (Phi) is 8.28. The number of aliphatic carboxylic acids is 1. The standard InChI is InChI=1S/C27H36N4O5/c1-17(2)4-3-14-36-27-29-24(28)23-25(30-27)35-15-13-31(26(23)34)21-11-9-20(10-12-21)19-7-5-18(6-8-19)16-22(32)33/h9-12,17-19H,3-8,13-16H2,1-2H3,(H,32,33)(H2,28,29,30). The number of ether oxygens (including phenoxy) is 2. The fraction of sp³-hybridized carbons (Fsp3) is 0.556. The molecule has 1 aliphatic heterocycles. The van der Waals surface area contributed by atoms with Crippen molar-refractivity contribution in [1.29, 1.82) is 0 Å². The number of nitrogen functional groups attached to an aromatic ring is 1. The van der Waals surface area contributed by atoms with Gasteiger partial charge in [0, 0.05) is 12.1 Å². The molecule has 2 aliphatic rings. The van der Waals surface area contributed by atoms with Crippen molar-refractivity contribution in [2.75, 3.05) is 30.4 Å². The average molecular weight is 497 g/mol. The van der Waals surface area contributed by atoms with E-state index in [-0.39, 0.29) is 48.1 Å². The van der Waals surface area contributed by atoms with Gasteiger partial charge < -0.3 is 25.2 Å². The monoisotopic (exact) mass is 496 g/mol. The predicted molar refractivity (Wildman–Crippen MR) is 137 cm³/mol. The van der Waals surface area contributed by atoms with Gasteiger partial charge in [-0.2, -0.15) is 9.97 Å². The van der Waals surface area contributed by atoms with E-state index in [4.69, 9.17) is 20.3 Å². The van der Waals surface area contributed by atoms with E-state index in [9.17, 15) is 9.59 Å². The third-order valence-corrected chi connectivity index (χ3v) is 7.04. The Morgan fingerprint density at radius 3 is 2.58 bits per heavy atom. The molecule has 0 saturated heterocycles. The Morgan fingerprint density at radius 2 is 1.92 bits per heavy atom. The molecule has 1 amide bonds. The molecule has 0 unspecified atom stereocenters. The van der Waals surface area contributed by atoms with Crippen LogP contribution in [0.2, 0.25) is 0 Å². The number of carboxylic acid groups (broad SMARTS) is 1. The molecule has 0 radical (unpaired) electrons. The maximum atomic E-state index is 13.4. The summed E-state index contributed by atoms with van der Waals surface area (Å²) in [4.78, 5) is 34.5. The molecule has 36 heavy (non-hydrogen) atoms. The number of hydrogen-bond acceptors (Lipinski definition) is 7. The topological polar surface area (TPSA) is 128 Å². The number of aromatic nitrogens is 2. The van der Waals surface area contributed by atoms with E-state index >= 15 is 0 Å². The van der Waals surface area contributed by atoms with Crippen molar-refractivity contribution in [3.63, 3.8) is 0 Å². The number of hydrogen-bond donors (Lipinski definition) is 2.